The quantitative estimate of drug-likeness (QED) is 0.163. The first kappa shape index (κ1) is 34.6. The number of para-hydroxylation sites is 1. The number of benzene rings is 10. The second-order valence-corrected chi connectivity index (χ2v) is 15.4. The molecule has 0 amide bonds. The van der Waals surface area contributed by atoms with Gasteiger partial charge in [-0.2, -0.15) is 5.26 Å². The molecule has 0 radical (unpaired) electrons. The summed E-state index contributed by atoms with van der Waals surface area (Å²) >= 11 is 0. The largest absolute Gasteiger partial charge is 0.309 e. The molecule has 12 rings (SSSR count). The van der Waals surface area contributed by atoms with Gasteiger partial charge >= 0.3 is 0 Å². The van der Waals surface area contributed by atoms with Crippen LogP contribution in [0.5, 0.6) is 0 Å². The smallest absolute Gasteiger partial charge is 0.165 e. The predicted molar refractivity (Wildman–Crippen MR) is 251 cm³/mol. The van der Waals surface area contributed by atoms with Crippen molar-refractivity contribution in [3.05, 3.63) is 206 Å². The third-order valence-electron chi connectivity index (χ3n) is 12.0. The van der Waals surface area contributed by atoms with Crippen LogP contribution in [0.25, 0.3) is 116 Å². The molecule has 0 aliphatic carbocycles. The van der Waals surface area contributed by atoms with E-state index >= 15 is 0 Å². The van der Waals surface area contributed by atoms with Gasteiger partial charge in [0.1, 0.15) is 0 Å². The van der Waals surface area contributed by atoms with E-state index in [-0.39, 0.29) is 0 Å². The lowest BCUT2D eigenvalue weighted by Crippen LogP contribution is -2.02. The summed E-state index contributed by atoms with van der Waals surface area (Å²) < 4.78 is 2.29. The summed E-state index contributed by atoms with van der Waals surface area (Å²) in [7, 11) is 0. The Morgan fingerprint density at radius 3 is 1.39 bits per heavy atom. The van der Waals surface area contributed by atoms with E-state index in [1.54, 1.807) is 0 Å². The molecule has 0 unspecified atom stereocenters. The van der Waals surface area contributed by atoms with Crippen LogP contribution >= 0.6 is 0 Å². The molecule has 0 saturated carbocycles. The molecule has 0 saturated heterocycles. The maximum Gasteiger partial charge on any atom is 0.165 e. The molecule has 2 heterocycles. The molecule has 5 nitrogen and oxygen atoms in total. The second kappa shape index (κ2) is 13.8. The number of fused-ring (bicyclic) bond motifs is 7. The van der Waals surface area contributed by atoms with Crippen molar-refractivity contribution in [1.82, 2.24) is 19.5 Å². The number of hydrogen-bond acceptors (Lipinski definition) is 4. The fourth-order valence-corrected chi connectivity index (χ4v) is 9.35. The number of hydrogen-bond donors (Lipinski definition) is 0. The molecule has 0 aliphatic heterocycles. The monoisotopic (exact) mass is 775 g/mol. The van der Waals surface area contributed by atoms with Crippen molar-refractivity contribution < 1.29 is 0 Å². The van der Waals surface area contributed by atoms with Gasteiger partial charge in [0.15, 0.2) is 17.5 Å². The van der Waals surface area contributed by atoms with Gasteiger partial charge in [0.2, 0.25) is 0 Å². The number of nitrogens with zero attached hydrogens (tertiary/aromatic N) is 5. The zero-order valence-electron chi connectivity index (χ0n) is 32.8. The molecule has 0 aliphatic rings. The minimum Gasteiger partial charge on any atom is -0.309 e. The Balaban J connectivity index is 1.15. The first-order chi connectivity index (χ1) is 30.2. The van der Waals surface area contributed by atoms with E-state index in [1.807, 2.05) is 18.2 Å². The SMILES string of the molecule is N#Cc1ccc2c(c1)c1cc(-c3c4ccccc4c(-c4nc(-c5cccc6ccccc56)nc(-c5cccc6ccccc56)n4)c4ccccc34)ccc1n2-c1ccccc1. The van der Waals surface area contributed by atoms with E-state index < -0.39 is 0 Å². The molecule has 0 N–H and O–H groups in total. The topological polar surface area (TPSA) is 67.4 Å². The molecule has 61 heavy (non-hydrogen) atoms. The minimum atomic E-state index is 0.616. The zero-order valence-corrected chi connectivity index (χ0v) is 32.8. The lowest BCUT2D eigenvalue weighted by Gasteiger charge is -2.18. The van der Waals surface area contributed by atoms with Crippen LogP contribution in [0, 0.1) is 11.3 Å². The molecule has 12 aromatic rings. The Labute approximate surface area is 351 Å². The van der Waals surface area contributed by atoms with E-state index in [9.17, 15) is 5.26 Å². The van der Waals surface area contributed by atoms with Crippen LogP contribution in [0.2, 0.25) is 0 Å². The highest BCUT2D eigenvalue weighted by molar-refractivity contribution is 6.22. The Hall–Kier alpha value is -8.46. The third-order valence-corrected chi connectivity index (χ3v) is 12.0. The average molecular weight is 776 g/mol. The van der Waals surface area contributed by atoms with Crippen LogP contribution in [0.1, 0.15) is 5.56 Å². The van der Waals surface area contributed by atoms with Crippen LogP contribution < -0.4 is 0 Å². The van der Waals surface area contributed by atoms with Crippen molar-refractivity contribution >= 4 is 64.9 Å². The summed E-state index contributed by atoms with van der Waals surface area (Å²) in [5.41, 5.74) is 8.93. The van der Waals surface area contributed by atoms with E-state index in [2.05, 4.69) is 193 Å². The lowest BCUT2D eigenvalue weighted by molar-refractivity contribution is 1.08. The average Bonchev–Trinajstić information content (AvgIpc) is 3.65. The van der Waals surface area contributed by atoms with Gasteiger partial charge in [-0.25, -0.2) is 15.0 Å². The van der Waals surface area contributed by atoms with Crippen LogP contribution in [-0.2, 0) is 0 Å². The van der Waals surface area contributed by atoms with Gasteiger partial charge in [0.25, 0.3) is 0 Å². The van der Waals surface area contributed by atoms with Crippen LogP contribution in [0.3, 0.4) is 0 Å². The molecular weight excluding hydrogens is 743 g/mol. The lowest BCUT2D eigenvalue weighted by atomic mass is 9.87. The number of nitriles is 1. The van der Waals surface area contributed by atoms with Crippen molar-refractivity contribution in [1.29, 1.82) is 5.26 Å². The summed E-state index contributed by atoms with van der Waals surface area (Å²) in [6, 6.07) is 72.2. The van der Waals surface area contributed by atoms with Crippen LogP contribution in [0.15, 0.2) is 200 Å². The molecule has 0 fully saturated rings. The molecule has 0 bridgehead atoms. The minimum absolute atomic E-state index is 0.616. The highest BCUT2D eigenvalue weighted by Crippen LogP contribution is 2.45. The standard InChI is InChI=1S/C56H33N5/c57-34-35-28-30-50-48(32-35)49-33-38(29-31-51(49)61(50)39-18-2-1-3-19-39)52-42-22-8-10-24-44(42)53(45-25-11-9-23-43(45)52)56-59-54(46-26-12-16-36-14-4-6-20-40(36)46)58-55(60-56)47-27-13-17-37-15-5-7-21-41(37)47/h1-33H. The first-order valence-corrected chi connectivity index (χ1v) is 20.4. The number of rotatable bonds is 5. The highest BCUT2D eigenvalue weighted by atomic mass is 15.0. The van der Waals surface area contributed by atoms with Gasteiger partial charge in [-0.05, 0) is 96.7 Å². The molecule has 0 spiro atoms. The number of aromatic nitrogens is 4. The van der Waals surface area contributed by atoms with Crippen LogP contribution in [0.4, 0.5) is 0 Å². The zero-order chi connectivity index (χ0) is 40.4. The normalized spacial score (nSPS) is 11.6. The summed E-state index contributed by atoms with van der Waals surface area (Å²) in [5, 5.41) is 20.8. The molecular formula is C56H33N5. The van der Waals surface area contributed by atoms with Gasteiger partial charge in [0.05, 0.1) is 22.7 Å². The maximum absolute atomic E-state index is 9.97. The Bertz CT molecular complexity index is 3620. The molecule has 2 aromatic heterocycles. The van der Waals surface area contributed by atoms with Gasteiger partial charge in [0, 0.05) is 33.2 Å². The Morgan fingerprint density at radius 1 is 0.361 bits per heavy atom. The van der Waals surface area contributed by atoms with E-state index in [4.69, 9.17) is 15.0 Å². The summed E-state index contributed by atoms with van der Waals surface area (Å²) in [6.45, 7) is 0. The van der Waals surface area contributed by atoms with E-state index in [0.29, 0.717) is 23.0 Å². The Kier molecular flexibility index (Phi) is 7.84. The maximum atomic E-state index is 9.97. The van der Waals surface area contributed by atoms with Crippen LogP contribution in [-0.4, -0.2) is 19.5 Å². The first-order valence-electron chi connectivity index (χ1n) is 20.4. The summed E-state index contributed by atoms with van der Waals surface area (Å²) in [4.78, 5) is 16.1. The molecule has 0 atom stereocenters. The van der Waals surface area contributed by atoms with Gasteiger partial charge in [-0.1, -0.05) is 158 Å². The summed E-state index contributed by atoms with van der Waals surface area (Å²) in [6.07, 6.45) is 0. The third kappa shape index (κ3) is 5.51. The van der Waals surface area contributed by atoms with Crippen molar-refractivity contribution in [3.63, 3.8) is 0 Å². The predicted octanol–water partition coefficient (Wildman–Crippen LogP) is 14.1. The van der Waals surface area contributed by atoms with Gasteiger partial charge in [-0.15, -0.1) is 0 Å². The van der Waals surface area contributed by atoms with Gasteiger partial charge in [-0.3, -0.25) is 0 Å². The van der Waals surface area contributed by atoms with E-state index in [1.165, 1.54) is 0 Å². The fraction of sp³-hybridized carbons (Fsp3) is 0. The summed E-state index contributed by atoms with van der Waals surface area (Å²) in [5.74, 6) is 1.86. The molecule has 10 aromatic carbocycles. The molecule has 282 valence electrons. The highest BCUT2D eigenvalue weighted by Gasteiger charge is 2.23. The van der Waals surface area contributed by atoms with Crippen molar-refractivity contribution in [2.45, 2.75) is 0 Å². The van der Waals surface area contributed by atoms with Crippen molar-refractivity contribution in [3.8, 4) is 57.0 Å². The van der Waals surface area contributed by atoms with E-state index in [0.717, 1.165) is 98.4 Å². The van der Waals surface area contributed by atoms with Crippen molar-refractivity contribution in [2.75, 3.05) is 0 Å². The van der Waals surface area contributed by atoms with Gasteiger partial charge < -0.3 is 4.57 Å². The second-order valence-electron chi connectivity index (χ2n) is 15.4. The Morgan fingerprint density at radius 2 is 0.820 bits per heavy atom. The molecule has 5 heteroatoms. The fourth-order valence-electron chi connectivity index (χ4n) is 9.35. The van der Waals surface area contributed by atoms with Crippen molar-refractivity contribution in [2.24, 2.45) is 0 Å².